The largest absolute Gasteiger partial charge is 0.494 e. The molecule has 1 aromatic carbocycles. The van der Waals surface area contributed by atoms with Crippen molar-refractivity contribution in [2.45, 2.75) is 83.0 Å². The van der Waals surface area contributed by atoms with Gasteiger partial charge in [-0.3, -0.25) is 5.41 Å². The predicted octanol–water partition coefficient (Wildman–Crippen LogP) is 5.93. The number of unbranched alkanes of at least 4 members (excludes halogenated alkanes) is 5. The molecule has 3 fully saturated rings. The van der Waals surface area contributed by atoms with Crippen LogP contribution in [0.4, 0.5) is 0 Å². The number of nitrogens with one attached hydrogen (secondary N) is 1. The van der Waals surface area contributed by atoms with Crippen molar-refractivity contribution in [1.29, 1.82) is 21.2 Å². The molecule has 4 unspecified atom stereocenters. The zero-order chi connectivity index (χ0) is 24.2. The van der Waals surface area contributed by atoms with Crippen LogP contribution in [0.2, 0.25) is 0 Å². The summed E-state index contributed by atoms with van der Waals surface area (Å²) in [4.78, 5) is 0. The molecule has 1 N–H and O–H groups in total. The van der Waals surface area contributed by atoms with Crippen LogP contribution < -0.4 is 4.74 Å². The summed E-state index contributed by atoms with van der Waals surface area (Å²) in [5.74, 6) is -1.25. The average Bonchev–Trinajstić information content (AvgIpc) is 3.08. The fraction of sp³-hybridized carbons (Fsp3) is 0.630. The Labute approximate surface area is 201 Å². The molecule has 7 nitrogen and oxygen atoms in total. The first-order valence-corrected chi connectivity index (χ1v) is 12.5. The minimum Gasteiger partial charge on any atom is -0.494 e. The lowest BCUT2D eigenvalue weighted by Crippen LogP contribution is -2.60. The van der Waals surface area contributed by atoms with Crippen molar-refractivity contribution in [3.05, 3.63) is 29.8 Å². The molecule has 178 valence electrons. The smallest absolute Gasteiger partial charge is 0.217 e. The van der Waals surface area contributed by atoms with Gasteiger partial charge in [0.2, 0.25) is 17.1 Å². The standard InChI is InChI=1S/C27H32N4O3/c1-2-3-4-5-6-9-16-32-21-13-11-20(12-14-21)23-25(17-28,18-29)26(19-30)22-10-7-8-15-27(22,33-23)34-24(26)31/h11-14,22-23,31H,2-10,15-16H2,1H3. The fourth-order valence-corrected chi connectivity index (χ4v) is 5.97. The highest BCUT2D eigenvalue weighted by atomic mass is 16.7. The number of ether oxygens (including phenoxy) is 3. The molecular formula is C27H32N4O3. The Bertz CT molecular complexity index is 1020. The van der Waals surface area contributed by atoms with Crippen LogP contribution in [-0.2, 0) is 9.47 Å². The van der Waals surface area contributed by atoms with Crippen LogP contribution >= 0.6 is 0 Å². The van der Waals surface area contributed by atoms with Gasteiger partial charge in [-0.15, -0.1) is 0 Å². The Morgan fingerprint density at radius 3 is 2.38 bits per heavy atom. The van der Waals surface area contributed by atoms with E-state index in [1.54, 1.807) is 12.1 Å². The van der Waals surface area contributed by atoms with E-state index in [1.165, 1.54) is 25.7 Å². The van der Waals surface area contributed by atoms with Crippen molar-refractivity contribution in [3.8, 4) is 24.0 Å². The normalized spacial score (nSPS) is 30.8. The first-order chi connectivity index (χ1) is 16.5. The quantitative estimate of drug-likeness (QED) is 0.455. The second-order valence-corrected chi connectivity index (χ2v) is 9.68. The number of benzene rings is 1. The SMILES string of the molecule is CCCCCCCCOc1ccc(C2OC34CCCCC3C(C#N)(C(=N)O4)C2(C#N)C#N)cc1. The first-order valence-electron chi connectivity index (χ1n) is 12.5. The number of nitrogens with zero attached hydrogens (tertiary/aromatic N) is 3. The highest BCUT2D eigenvalue weighted by Gasteiger charge is 2.80. The number of rotatable bonds is 9. The summed E-state index contributed by atoms with van der Waals surface area (Å²) in [7, 11) is 0. The van der Waals surface area contributed by atoms with Gasteiger partial charge in [0.15, 0.2) is 5.41 Å². The monoisotopic (exact) mass is 460 g/mol. The molecule has 1 aromatic rings. The van der Waals surface area contributed by atoms with Crippen LogP contribution in [0.5, 0.6) is 5.75 Å². The maximum atomic E-state index is 10.3. The molecule has 4 rings (SSSR count). The maximum absolute atomic E-state index is 10.3. The van der Waals surface area contributed by atoms with E-state index in [0.29, 0.717) is 30.8 Å². The molecule has 2 aliphatic heterocycles. The molecule has 1 saturated carbocycles. The summed E-state index contributed by atoms with van der Waals surface area (Å²) < 4.78 is 18.2. The molecule has 0 spiro atoms. The first kappa shape index (κ1) is 24.1. The van der Waals surface area contributed by atoms with Crippen molar-refractivity contribution >= 4 is 5.90 Å². The van der Waals surface area contributed by atoms with Crippen LogP contribution in [0.1, 0.15) is 82.8 Å². The zero-order valence-corrected chi connectivity index (χ0v) is 19.8. The van der Waals surface area contributed by atoms with Crippen LogP contribution in [-0.4, -0.2) is 18.3 Å². The molecular weight excluding hydrogens is 428 g/mol. The lowest BCUT2D eigenvalue weighted by atomic mass is 9.51. The Morgan fingerprint density at radius 1 is 1.00 bits per heavy atom. The van der Waals surface area contributed by atoms with Crippen molar-refractivity contribution in [2.24, 2.45) is 16.7 Å². The summed E-state index contributed by atoms with van der Waals surface area (Å²) in [5, 5.41) is 39.5. The van der Waals surface area contributed by atoms with Gasteiger partial charge in [0.25, 0.3) is 0 Å². The lowest BCUT2D eigenvalue weighted by molar-refractivity contribution is -0.294. The molecule has 7 heteroatoms. The summed E-state index contributed by atoms with van der Waals surface area (Å²) in [6, 6.07) is 13.6. The third kappa shape index (κ3) is 3.53. The van der Waals surface area contributed by atoms with Gasteiger partial charge in [-0.05, 0) is 37.0 Å². The number of hydrogen-bond acceptors (Lipinski definition) is 7. The van der Waals surface area contributed by atoms with Gasteiger partial charge < -0.3 is 14.2 Å². The molecule has 4 atom stereocenters. The van der Waals surface area contributed by atoms with Gasteiger partial charge in [-0.25, -0.2) is 0 Å². The van der Waals surface area contributed by atoms with Crippen LogP contribution in [0.15, 0.2) is 24.3 Å². The molecule has 34 heavy (non-hydrogen) atoms. The maximum Gasteiger partial charge on any atom is 0.217 e. The molecule has 0 radical (unpaired) electrons. The summed E-state index contributed by atoms with van der Waals surface area (Å²) in [5.41, 5.74) is -2.94. The molecule has 3 aliphatic rings. The van der Waals surface area contributed by atoms with E-state index < -0.39 is 28.6 Å². The fourth-order valence-electron chi connectivity index (χ4n) is 5.97. The average molecular weight is 461 g/mol. The van der Waals surface area contributed by atoms with E-state index in [4.69, 9.17) is 19.6 Å². The summed E-state index contributed by atoms with van der Waals surface area (Å²) in [6.07, 6.45) is 8.93. The Balaban J connectivity index is 1.56. The van der Waals surface area contributed by atoms with Crippen molar-refractivity contribution < 1.29 is 14.2 Å². The lowest BCUT2D eigenvalue weighted by Gasteiger charge is -2.51. The molecule has 2 heterocycles. The van der Waals surface area contributed by atoms with Crippen LogP contribution in [0.3, 0.4) is 0 Å². The zero-order valence-electron chi connectivity index (χ0n) is 19.8. The van der Waals surface area contributed by atoms with Crippen molar-refractivity contribution in [2.75, 3.05) is 6.61 Å². The molecule has 2 saturated heterocycles. The summed E-state index contributed by atoms with van der Waals surface area (Å²) in [6.45, 7) is 2.84. The van der Waals surface area contributed by atoms with Gasteiger partial charge >= 0.3 is 0 Å². The van der Waals surface area contributed by atoms with Crippen molar-refractivity contribution in [3.63, 3.8) is 0 Å². The van der Waals surface area contributed by atoms with Crippen LogP contribution in [0.25, 0.3) is 0 Å². The highest BCUT2D eigenvalue weighted by Crippen LogP contribution is 2.69. The topological polar surface area (TPSA) is 123 Å². The third-order valence-corrected chi connectivity index (χ3v) is 7.77. The molecule has 0 amide bonds. The Morgan fingerprint density at radius 2 is 1.71 bits per heavy atom. The van der Waals surface area contributed by atoms with Gasteiger partial charge in [-0.2, -0.15) is 15.8 Å². The van der Waals surface area contributed by atoms with Gasteiger partial charge in [0, 0.05) is 6.42 Å². The highest BCUT2D eigenvalue weighted by molar-refractivity contribution is 5.89. The second kappa shape index (κ2) is 9.65. The van der Waals surface area contributed by atoms with Gasteiger partial charge in [0.05, 0.1) is 30.7 Å². The summed E-state index contributed by atoms with van der Waals surface area (Å²) >= 11 is 0. The molecule has 1 aliphatic carbocycles. The van der Waals surface area contributed by atoms with Crippen LogP contribution in [0, 0.1) is 56.2 Å². The van der Waals surface area contributed by atoms with E-state index in [1.807, 2.05) is 12.1 Å². The molecule has 0 aromatic heterocycles. The molecule has 2 bridgehead atoms. The van der Waals surface area contributed by atoms with E-state index in [2.05, 4.69) is 25.1 Å². The van der Waals surface area contributed by atoms with Gasteiger partial charge in [-0.1, -0.05) is 57.6 Å². The third-order valence-electron chi connectivity index (χ3n) is 7.77. The Hall–Kier alpha value is -3.08. The van der Waals surface area contributed by atoms with Crippen molar-refractivity contribution in [1.82, 2.24) is 0 Å². The van der Waals surface area contributed by atoms with E-state index in [-0.39, 0.29) is 5.90 Å². The van der Waals surface area contributed by atoms with E-state index >= 15 is 0 Å². The second-order valence-electron chi connectivity index (χ2n) is 9.68. The number of hydrogen-bond donors (Lipinski definition) is 1. The minimum atomic E-state index is -1.89. The van der Waals surface area contributed by atoms with E-state index in [0.717, 1.165) is 25.7 Å². The predicted molar refractivity (Wildman–Crippen MR) is 124 cm³/mol. The Kier molecular flexibility index (Phi) is 6.83. The van der Waals surface area contributed by atoms with Gasteiger partial charge in [0.1, 0.15) is 11.9 Å². The number of nitriles is 3. The minimum absolute atomic E-state index is 0.314. The van der Waals surface area contributed by atoms with E-state index in [9.17, 15) is 15.8 Å².